The number of hydrogen-bond acceptors (Lipinski definition) is 3. The summed E-state index contributed by atoms with van der Waals surface area (Å²) in [6.45, 7) is 8.48. The Morgan fingerprint density at radius 2 is 2.04 bits per heavy atom. The first-order chi connectivity index (χ1) is 12.1. The molecule has 1 aromatic rings. The maximum atomic E-state index is 12.0. The smallest absolute Gasteiger partial charge is 0.227 e. The van der Waals surface area contributed by atoms with E-state index >= 15 is 0 Å². The molecule has 1 aromatic heterocycles. The summed E-state index contributed by atoms with van der Waals surface area (Å²) < 4.78 is 0. The van der Waals surface area contributed by atoms with Gasteiger partial charge in [0.25, 0.3) is 0 Å². The molecule has 3 N–H and O–H groups in total. The largest absolute Gasteiger partial charge is 0.357 e. The van der Waals surface area contributed by atoms with Crippen LogP contribution in [-0.2, 0) is 4.79 Å². The van der Waals surface area contributed by atoms with E-state index in [1.165, 1.54) is 25.7 Å². The first-order valence-electron chi connectivity index (χ1n) is 9.31. The van der Waals surface area contributed by atoms with Crippen molar-refractivity contribution in [1.29, 1.82) is 0 Å². The minimum absolute atomic E-state index is 0. The Morgan fingerprint density at radius 3 is 2.58 bits per heavy atom. The van der Waals surface area contributed by atoms with E-state index in [-0.39, 0.29) is 29.9 Å². The number of aromatic nitrogens is 1. The summed E-state index contributed by atoms with van der Waals surface area (Å²) in [7, 11) is 0. The van der Waals surface area contributed by atoms with E-state index < -0.39 is 0 Å². The van der Waals surface area contributed by atoms with Crippen molar-refractivity contribution in [1.82, 2.24) is 15.6 Å². The van der Waals surface area contributed by atoms with Crippen LogP contribution in [0, 0.1) is 12.3 Å². The van der Waals surface area contributed by atoms with E-state index in [2.05, 4.69) is 27.9 Å². The normalized spacial score (nSPS) is 15.4. The Labute approximate surface area is 174 Å². The molecule has 6 nitrogen and oxygen atoms in total. The van der Waals surface area contributed by atoms with Gasteiger partial charge in [0.05, 0.1) is 0 Å². The van der Waals surface area contributed by atoms with Gasteiger partial charge in [-0.2, -0.15) is 0 Å². The molecule has 0 unspecified atom stereocenters. The van der Waals surface area contributed by atoms with E-state index in [0.717, 1.165) is 24.6 Å². The fraction of sp³-hybridized carbons (Fsp3) is 0.632. The lowest BCUT2D eigenvalue weighted by Gasteiger charge is -2.40. The van der Waals surface area contributed by atoms with Crippen LogP contribution in [0.15, 0.2) is 23.3 Å². The first-order valence-corrected chi connectivity index (χ1v) is 9.31. The number of aliphatic imine (C=N–C) groups is 1. The Morgan fingerprint density at radius 1 is 1.27 bits per heavy atom. The fourth-order valence-electron chi connectivity index (χ4n) is 2.93. The number of rotatable bonds is 8. The molecule has 0 aromatic carbocycles. The highest BCUT2D eigenvalue weighted by Gasteiger charge is 2.34. The van der Waals surface area contributed by atoms with Crippen LogP contribution in [0.4, 0.5) is 5.82 Å². The van der Waals surface area contributed by atoms with Gasteiger partial charge in [0.15, 0.2) is 5.96 Å². The van der Waals surface area contributed by atoms with E-state index in [1.54, 1.807) is 6.20 Å². The van der Waals surface area contributed by atoms with Crippen LogP contribution in [0.1, 0.15) is 51.5 Å². The molecule has 1 fully saturated rings. The van der Waals surface area contributed by atoms with Crippen LogP contribution in [0.2, 0.25) is 0 Å². The molecule has 0 spiro atoms. The molecule has 26 heavy (non-hydrogen) atoms. The Hall–Kier alpha value is -1.38. The lowest BCUT2D eigenvalue weighted by molar-refractivity contribution is -0.116. The topological polar surface area (TPSA) is 78.4 Å². The molecule has 7 heteroatoms. The van der Waals surface area contributed by atoms with Gasteiger partial charge < -0.3 is 16.0 Å². The standard InChI is InChI=1S/C19H31N5O.HI/c1-4-19(10-6-11-19)14-23-18(20-5-2)21-12-9-17(25)24-16-8-7-15(3)13-22-16;/h7-8,13H,4-6,9-12,14H2,1-3H3,(H2,20,21,23)(H,22,24,25);1H. The van der Waals surface area contributed by atoms with Gasteiger partial charge in [-0.1, -0.05) is 19.4 Å². The Balaban J connectivity index is 0.00000338. The summed E-state index contributed by atoms with van der Waals surface area (Å²) in [5.41, 5.74) is 1.47. The van der Waals surface area contributed by atoms with Crippen molar-refractivity contribution in [3.63, 3.8) is 0 Å². The molecule has 0 radical (unpaired) electrons. The molecule has 1 aliphatic carbocycles. The van der Waals surface area contributed by atoms with Gasteiger partial charge in [-0.3, -0.25) is 9.79 Å². The summed E-state index contributed by atoms with van der Waals surface area (Å²) >= 11 is 0. The van der Waals surface area contributed by atoms with Crippen LogP contribution in [0.5, 0.6) is 0 Å². The molecule has 0 aliphatic heterocycles. The number of guanidine groups is 1. The predicted molar refractivity (Wildman–Crippen MR) is 118 cm³/mol. The van der Waals surface area contributed by atoms with Crippen molar-refractivity contribution in [2.24, 2.45) is 10.4 Å². The Bertz CT molecular complexity index is 579. The van der Waals surface area contributed by atoms with Crippen molar-refractivity contribution < 1.29 is 4.79 Å². The molecule has 1 amide bonds. The lowest BCUT2D eigenvalue weighted by Crippen LogP contribution is -2.40. The number of carbonyl (C=O) groups is 1. The molecular formula is C19H32IN5O. The number of aryl methyl sites for hydroxylation is 1. The van der Waals surface area contributed by atoms with E-state index in [4.69, 9.17) is 4.99 Å². The Kier molecular flexibility index (Phi) is 9.90. The van der Waals surface area contributed by atoms with Crippen LogP contribution >= 0.6 is 24.0 Å². The van der Waals surface area contributed by atoms with Gasteiger partial charge in [0.1, 0.15) is 5.82 Å². The monoisotopic (exact) mass is 473 g/mol. The van der Waals surface area contributed by atoms with Crippen molar-refractivity contribution in [2.75, 3.05) is 25.0 Å². The van der Waals surface area contributed by atoms with Gasteiger partial charge >= 0.3 is 0 Å². The second-order valence-corrected chi connectivity index (χ2v) is 6.85. The minimum atomic E-state index is -0.0521. The molecule has 2 rings (SSSR count). The number of amides is 1. The first kappa shape index (κ1) is 22.7. The third kappa shape index (κ3) is 7.09. The maximum Gasteiger partial charge on any atom is 0.227 e. The van der Waals surface area contributed by atoms with Crippen molar-refractivity contribution in [2.45, 2.75) is 52.9 Å². The summed E-state index contributed by atoms with van der Waals surface area (Å²) in [5.74, 6) is 1.33. The SMILES string of the molecule is CCNC(=NCC1(CC)CCC1)NCCC(=O)Nc1ccc(C)cn1.I. The molecule has 0 atom stereocenters. The lowest BCUT2D eigenvalue weighted by atomic mass is 9.67. The number of pyridine rings is 1. The van der Waals surface area contributed by atoms with Crippen molar-refractivity contribution in [3.05, 3.63) is 23.9 Å². The molecule has 0 saturated heterocycles. The minimum Gasteiger partial charge on any atom is -0.357 e. The average molecular weight is 473 g/mol. The van der Waals surface area contributed by atoms with Crippen LogP contribution in [0.3, 0.4) is 0 Å². The summed E-state index contributed by atoms with van der Waals surface area (Å²) in [6, 6.07) is 3.75. The zero-order valence-corrected chi connectivity index (χ0v) is 18.4. The van der Waals surface area contributed by atoms with Gasteiger partial charge in [0.2, 0.25) is 5.91 Å². The van der Waals surface area contributed by atoms with E-state index in [9.17, 15) is 4.79 Å². The van der Waals surface area contributed by atoms with Crippen molar-refractivity contribution >= 4 is 41.7 Å². The quantitative estimate of drug-likeness (QED) is 0.307. The second-order valence-electron chi connectivity index (χ2n) is 6.85. The number of anilines is 1. The summed E-state index contributed by atoms with van der Waals surface area (Å²) in [4.78, 5) is 20.9. The van der Waals surface area contributed by atoms with Gasteiger partial charge in [-0.05, 0) is 50.2 Å². The van der Waals surface area contributed by atoms with Crippen LogP contribution in [0.25, 0.3) is 0 Å². The van der Waals surface area contributed by atoms with Gasteiger partial charge in [-0.15, -0.1) is 24.0 Å². The second kappa shape index (κ2) is 11.4. The van der Waals surface area contributed by atoms with Gasteiger partial charge in [0, 0.05) is 32.3 Å². The summed E-state index contributed by atoms with van der Waals surface area (Å²) in [6.07, 6.45) is 7.17. The number of hydrogen-bond donors (Lipinski definition) is 3. The predicted octanol–water partition coefficient (Wildman–Crippen LogP) is 3.47. The third-order valence-electron chi connectivity index (χ3n) is 4.90. The molecule has 1 heterocycles. The van der Waals surface area contributed by atoms with Crippen molar-refractivity contribution in [3.8, 4) is 0 Å². The fourth-order valence-corrected chi connectivity index (χ4v) is 2.93. The molecular weight excluding hydrogens is 441 g/mol. The molecule has 1 aliphatic rings. The average Bonchev–Trinajstić information content (AvgIpc) is 2.56. The number of nitrogens with one attached hydrogen (secondary N) is 3. The van der Waals surface area contributed by atoms with Crippen LogP contribution in [-0.4, -0.2) is 36.5 Å². The molecule has 0 bridgehead atoms. The number of nitrogens with zero attached hydrogens (tertiary/aromatic N) is 2. The zero-order valence-electron chi connectivity index (χ0n) is 16.1. The van der Waals surface area contributed by atoms with E-state index in [1.807, 2.05) is 26.0 Å². The number of halogens is 1. The molecule has 1 saturated carbocycles. The zero-order chi connectivity index (χ0) is 18.1. The van der Waals surface area contributed by atoms with Gasteiger partial charge in [-0.25, -0.2) is 4.98 Å². The highest BCUT2D eigenvalue weighted by Crippen LogP contribution is 2.43. The third-order valence-corrected chi connectivity index (χ3v) is 4.90. The highest BCUT2D eigenvalue weighted by atomic mass is 127. The number of carbonyl (C=O) groups excluding carboxylic acids is 1. The van der Waals surface area contributed by atoms with Crippen LogP contribution < -0.4 is 16.0 Å². The molecule has 146 valence electrons. The highest BCUT2D eigenvalue weighted by molar-refractivity contribution is 14.0. The summed E-state index contributed by atoms with van der Waals surface area (Å²) in [5, 5.41) is 9.31. The van der Waals surface area contributed by atoms with E-state index in [0.29, 0.717) is 24.2 Å². The maximum absolute atomic E-state index is 12.0.